The second kappa shape index (κ2) is 9.94. The first kappa shape index (κ1) is 25.0. The molecule has 2 heterocycles. The molecule has 0 bridgehead atoms. The number of aliphatic hydroxyl groups is 2. The van der Waals surface area contributed by atoms with Crippen LogP contribution in [0.3, 0.4) is 0 Å². The van der Waals surface area contributed by atoms with E-state index in [0.717, 1.165) is 4.57 Å². The van der Waals surface area contributed by atoms with Gasteiger partial charge in [-0.25, -0.2) is 13.9 Å². The summed E-state index contributed by atoms with van der Waals surface area (Å²) in [6.07, 6.45) is -4.82. The number of nitrogen functional groups attached to an aromatic ring is 1. The Hall–Kier alpha value is -1.22. The first-order chi connectivity index (χ1) is 13.8. The molecule has 1 aromatic heterocycles. The smallest absolute Gasteiger partial charge is 0.387 e. The van der Waals surface area contributed by atoms with E-state index in [1.807, 2.05) is 0 Å². The molecule has 30 heavy (non-hydrogen) atoms. The fraction of sp³-hybridized carbons (Fsp3) is 0.692. The molecule has 17 heteroatoms. The maximum absolute atomic E-state index is 11.9. The maximum Gasteiger partial charge on any atom is 0.481 e. The lowest BCUT2D eigenvalue weighted by atomic mass is 10.1. The molecule has 1 aliphatic heterocycles. The minimum atomic E-state index is -5.11. The largest absolute Gasteiger partial charge is 0.481 e. The SMILES string of the molecule is CN(C)CCOP(=O)(O)OP(=O)(O)OC[C@@H]1O[C@@H](n2ccc(N)nc2=O)[C@H](O)[C@@H]1O. The highest BCUT2D eigenvalue weighted by molar-refractivity contribution is 7.61. The van der Waals surface area contributed by atoms with Crippen LogP contribution in [0.25, 0.3) is 0 Å². The van der Waals surface area contributed by atoms with Crippen molar-refractivity contribution in [3.8, 4) is 0 Å². The topological polar surface area (TPSA) is 216 Å². The molecule has 6 N–H and O–H groups in total. The first-order valence-electron chi connectivity index (χ1n) is 8.48. The van der Waals surface area contributed by atoms with Crippen molar-refractivity contribution in [2.24, 2.45) is 0 Å². The van der Waals surface area contributed by atoms with E-state index in [0.29, 0.717) is 0 Å². The van der Waals surface area contributed by atoms with Crippen molar-refractivity contribution >= 4 is 21.5 Å². The fourth-order valence-corrected chi connectivity index (χ4v) is 4.47. The highest BCUT2D eigenvalue weighted by Crippen LogP contribution is 2.60. The predicted octanol–water partition coefficient (Wildman–Crippen LogP) is -1.74. The van der Waals surface area contributed by atoms with Gasteiger partial charge >= 0.3 is 21.3 Å². The van der Waals surface area contributed by atoms with Gasteiger partial charge in [-0.05, 0) is 20.2 Å². The molecule has 1 fully saturated rings. The van der Waals surface area contributed by atoms with Crippen LogP contribution in [0.2, 0.25) is 0 Å². The number of phosphoric acid groups is 2. The van der Waals surface area contributed by atoms with Gasteiger partial charge in [0, 0.05) is 12.7 Å². The summed E-state index contributed by atoms with van der Waals surface area (Å²) in [5.41, 5.74) is 4.52. The molecule has 15 nitrogen and oxygen atoms in total. The lowest BCUT2D eigenvalue weighted by molar-refractivity contribution is -0.0542. The number of aliphatic hydroxyl groups excluding tert-OH is 2. The van der Waals surface area contributed by atoms with E-state index in [2.05, 4.69) is 18.3 Å². The second-order valence-electron chi connectivity index (χ2n) is 6.54. The summed E-state index contributed by atoms with van der Waals surface area (Å²) in [5.74, 6) is -0.0660. The zero-order valence-corrected chi connectivity index (χ0v) is 17.8. The van der Waals surface area contributed by atoms with Crippen LogP contribution < -0.4 is 11.4 Å². The highest BCUT2D eigenvalue weighted by Gasteiger charge is 2.46. The molecular weight excluding hydrogens is 450 g/mol. The van der Waals surface area contributed by atoms with Crippen LogP contribution in [0.15, 0.2) is 17.1 Å². The highest BCUT2D eigenvalue weighted by atomic mass is 31.3. The molecule has 0 aliphatic carbocycles. The van der Waals surface area contributed by atoms with Crippen molar-refractivity contribution < 1.29 is 47.2 Å². The summed E-state index contributed by atoms with van der Waals surface area (Å²) in [6, 6.07) is 1.26. The molecule has 2 rings (SSSR count). The van der Waals surface area contributed by atoms with Gasteiger partial charge in [0.25, 0.3) is 0 Å². The van der Waals surface area contributed by atoms with Crippen LogP contribution >= 0.6 is 15.6 Å². The molecule has 6 atom stereocenters. The number of rotatable bonds is 10. The van der Waals surface area contributed by atoms with Crippen LogP contribution in [0.5, 0.6) is 0 Å². The van der Waals surface area contributed by atoms with Gasteiger partial charge in [0.05, 0.1) is 13.2 Å². The number of phosphoric ester groups is 2. The maximum atomic E-state index is 11.9. The van der Waals surface area contributed by atoms with Gasteiger partial charge in [0.2, 0.25) is 0 Å². The van der Waals surface area contributed by atoms with Crippen LogP contribution in [-0.4, -0.2) is 86.6 Å². The van der Waals surface area contributed by atoms with Gasteiger partial charge in [0.1, 0.15) is 24.1 Å². The third-order valence-corrected chi connectivity index (χ3v) is 6.50. The van der Waals surface area contributed by atoms with Crippen molar-refractivity contribution in [2.75, 3.05) is 39.6 Å². The quantitative estimate of drug-likeness (QED) is 0.238. The molecule has 172 valence electrons. The van der Waals surface area contributed by atoms with Crippen molar-refractivity contribution in [1.29, 1.82) is 0 Å². The van der Waals surface area contributed by atoms with E-state index in [1.165, 1.54) is 12.3 Å². The summed E-state index contributed by atoms with van der Waals surface area (Å²) in [4.78, 5) is 36.1. The van der Waals surface area contributed by atoms with Crippen molar-refractivity contribution in [1.82, 2.24) is 14.5 Å². The molecule has 0 aromatic carbocycles. The van der Waals surface area contributed by atoms with Crippen LogP contribution in [0, 0.1) is 0 Å². The number of likely N-dealkylation sites (N-methyl/N-ethyl adjacent to an activating group) is 1. The summed E-state index contributed by atoms with van der Waals surface area (Å²) >= 11 is 0. The van der Waals surface area contributed by atoms with E-state index in [1.54, 1.807) is 19.0 Å². The van der Waals surface area contributed by atoms with Gasteiger partial charge in [-0.15, -0.1) is 0 Å². The molecule has 0 saturated carbocycles. The number of hydrogen-bond donors (Lipinski definition) is 5. The summed E-state index contributed by atoms with van der Waals surface area (Å²) in [6.45, 7) is -0.841. The number of ether oxygens (including phenoxy) is 1. The Labute approximate surface area is 170 Å². The Bertz CT molecular complexity index is 881. The van der Waals surface area contributed by atoms with E-state index in [-0.39, 0.29) is 19.0 Å². The number of nitrogens with zero attached hydrogens (tertiary/aromatic N) is 3. The Balaban J connectivity index is 1.96. The van der Waals surface area contributed by atoms with E-state index >= 15 is 0 Å². The van der Waals surface area contributed by atoms with Gasteiger partial charge in [0.15, 0.2) is 6.23 Å². The number of hydrogen-bond acceptors (Lipinski definition) is 12. The molecule has 0 radical (unpaired) electrons. The fourth-order valence-electron chi connectivity index (χ4n) is 2.40. The zero-order chi connectivity index (χ0) is 22.7. The standard InChI is InChI=1S/C13H24N4O11P2/c1-16(2)5-6-25-29(21,22)28-30(23,24)26-7-8-10(18)11(19)12(27-8)17-4-3-9(14)15-13(17)20/h3-4,8,10-12,18-19H,5-7H2,1-2H3,(H,21,22)(H,23,24)(H2,14,15,20)/t8-,10+,11+,12+/m0/s1. The van der Waals surface area contributed by atoms with Gasteiger partial charge in [-0.3, -0.25) is 13.6 Å². The van der Waals surface area contributed by atoms with Crippen molar-refractivity contribution in [3.05, 3.63) is 22.7 Å². The number of nitrogens with two attached hydrogens (primary N) is 1. The Kier molecular flexibility index (Phi) is 8.29. The van der Waals surface area contributed by atoms with Crippen LogP contribution in [0.1, 0.15) is 6.23 Å². The predicted molar refractivity (Wildman–Crippen MR) is 100 cm³/mol. The van der Waals surface area contributed by atoms with E-state index < -0.39 is 52.5 Å². The average Bonchev–Trinajstić information content (AvgIpc) is 2.87. The minimum absolute atomic E-state index is 0.0660. The zero-order valence-electron chi connectivity index (χ0n) is 16.0. The number of aromatic nitrogens is 2. The Morgan fingerprint density at radius 3 is 2.47 bits per heavy atom. The summed E-state index contributed by atoms with van der Waals surface area (Å²) < 4.78 is 43.1. The van der Waals surface area contributed by atoms with Crippen LogP contribution in [-0.2, 0) is 27.2 Å². The van der Waals surface area contributed by atoms with Crippen LogP contribution in [0.4, 0.5) is 5.82 Å². The third kappa shape index (κ3) is 6.90. The normalized spacial score (nSPS) is 28.4. The summed E-state index contributed by atoms with van der Waals surface area (Å²) in [5, 5.41) is 20.2. The van der Waals surface area contributed by atoms with Gasteiger partial charge in [-0.1, -0.05) is 0 Å². The molecule has 0 spiro atoms. The van der Waals surface area contributed by atoms with Crippen molar-refractivity contribution in [3.63, 3.8) is 0 Å². The molecule has 0 amide bonds. The van der Waals surface area contributed by atoms with Crippen molar-refractivity contribution in [2.45, 2.75) is 24.5 Å². The first-order valence-corrected chi connectivity index (χ1v) is 11.5. The third-order valence-electron chi connectivity index (χ3n) is 3.86. The Morgan fingerprint density at radius 1 is 1.23 bits per heavy atom. The summed E-state index contributed by atoms with van der Waals surface area (Å²) in [7, 11) is -6.67. The molecule has 1 saturated heterocycles. The molecular formula is C13H24N4O11P2. The Morgan fingerprint density at radius 2 is 1.87 bits per heavy atom. The van der Waals surface area contributed by atoms with E-state index in [9.17, 15) is 33.9 Å². The van der Waals surface area contributed by atoms with Gasteiger partial charge in [-0.2, -0.15) is 9.29 Å². The second-order valence-corrected chi connectivity index (χ2v) is 9.58. The molecule has 1 aliphatic rings. The monoisotopic (exact) mass is 474 g/mol. The lowest BCUT2D eigenvalue weighted by Crippen LogP contribution is -2.36. The minimum Gasteiger partial charge on any atom is -0.387 e. The lowest BCUT2D eigenvalue weighted by Gasteiger charge is -2.19. The molecule has 1 aromatic rings. The molecule has 2 unspecified atom stereocenters. The van der Waals surface area contributed by atoms with E-state index in [4.69, 9.17) is 10.5 Å². The average molecular weight is 474 g/mol. The number of anilines is 1. The van der Waals surface area contributed by atoms with Gasteiger partial charge < -0.3 is 35.4 Å².